The van der Waals surface area contributed by atoms with Crippen molar-refractivity contribution < 1.29 is 19.1 Å². The second-order valence-electron chi connectivity index (χ2n) is 12.4. The minimum atomic E-state index is -0.437. The number of piperidine rings is 2. The van der Waals surface area contributed by atoms with Crippen molar-refractivity contribution in [1.82, 2.24) is 19.8 Å². The lowest BCUT2D eigenvalue weighted by atomic mass is 10.1. The van der Waals surface area contributed by atoms with Crippen LogP contribution in [0.15, 0.2) is 50.2 Å². The number of nitrogens with zero attached hydrogens (tertiary/aromatic N) is 4. The molecule has 0 unspecified atom stereocenters. The third-order valence-electron chi connectivity index (χ3n) is 6.11. The van der Waals surface area contributed by atoms with Gasteiger partial charge in [0.2, 0.25) is 0 Å². The monoisotopic (exact) mass is 790 g/mol. The summed E-state index contributed by atoms with van der Waals surface area (Å²) in [5.41, 5.74) is 4.90. The molecule has 2 aromatic rings. The second-order valence-corrected chi connectivity index (χ2v) is 15.0. The summed E-state index contributed by atoms with van der Waals surface area (Å²) < 4.78 is 13.5. The van der Waals surface area contributed by atoms with E-state index in [-0.39, 0.29) is 18.2 Å². The lowest BCUT2D eigenvalue weighted by Gasteiger charge is -2.33. The van der Waals surface area contributed by atoms with Gasteiger partial charge in [0.15, 0.2) is 0 Å². The normalized spacial score (nSPS) is 16.2. The third kappa shape index (κ3) is 16.1. The molecule has 13 heteroatoms. The Morgan fingerprint density at radius 3 is 1.58 bits per heavy atom. The van der Waals surface area contributed by atoms with Gasteiger partial charge >= 0.3 is 12.2 Å². The number of likely N-dealkylation sites (tertiary alicyclic amines) is 2. The fourth-order valence-electron chi connectivity index (χ4n) is 3.97. The maximum Gasteiger partial charge on any atom is 0.410 e. The Hall–Kier alpha value is -1.96. The Morgan fingerprint density at radius 1 is 0.767 bits per heavy atom. The van der Waals surface area contributed by atoms with Crippen molar-refractivity contribution in [2.24, 2.45) is 5.73 Å². The first-order valence-electron chi connectivity index (χ1n) is 14.4. The van der Waals surface area contributed by atoms with Gasteiger partial charge in [0, 0.05) is 59.6 Å². The number of hydrogen-bond donors (Lipinski definition) is 2. The van der Waals surface area contributed by atoms with Crippen LogP contribution in [-0.4, -0.2) is 81.4 Å². The van der Waals surface area contributed by atoms with Crippen LogP contribution in [0.2, 0.25) is 0 Å². The van der Waals surface area contributed by atoms with Crippen molar-refractivity contribution in [2.75, 3.05) is 31.5 Å². The van der Waals surface area contributed by atoms with E-state index >= 15 is 0 Å². The molecule has 4 rings (SSSR count). The van der Waals surface area contributed by atoms with Crippen molar-refractivity contribution in [3.63, 3.8) is 0 Å². The van der Waals surface area contributed by atoms with E-state index in [0.717, 1.165) is 58.1 Å². The molecule has 0 spiro atoms. The number of anilines is 1. The third-order valence-corrected chi connectivity index (χ3v) is 7.52. The molecular formula is C30H45Br3N6O4. The Labute approximate surface area is 281 Å². The highest BCUT2D eigenvalue weighted by Gasteiger charge is 2.27. The molecule has 0 aliphatic carbocycles. The van der Waals surface area contributed by atoms with E-state index in [2.05, 4.69) is 63.1 Å². The molecule has 3 N–H and O–H groups in total. The first kappa shape index (κ1) is 37.2. The molecule has 0 aromatic carbocycles. The van der Waals surface area contributed by atoms with Crippen molar-refractivity contribution in [3.05, 3.63) is 50.2 Å². The number of rotatable bonds is 2. The van der Waals surface area contributed by atoms with Crippen LogP contribution in [0.3, 0.4) is 0 Å². The number of nitrogens with two attached hydrogens (primary N) is 1. The number of nitrogens with one attached hydrogen (secondary N) is 1. The largest absolute Gasteiger partial charge is 0.444 e. The minimum absolute atomic E-state index is 0.218. The molecule has 0 bridgehead atoms. The summed E-state index contributed by atoms with van der Waals surface area (Å²) in [4.78, 5) is 35.3. The average Bonchev–Trinajstić information content (AvgIpc) is 2.91. The summed E-state index contributed by atoms with van der Waals surface area (Å²) in [5.74, 6) is 0.869. The summed E-state index contributed by atoms with van der Waals surface area (Å²) in [6, 6.07) is 8.31. The van der Waals surface area contributed by atoms with Gasteiger partial charge in [0.25, 0.3) is 0 Å². The minimum Gasteiger partial charge on any atom is -0.444 e. The highest BCUT2D eigenvalue weighted by molar-refractivity contribution is 9.11. The van der Waals surface area contributed by atoms with Crippen LogP contribution in [0.5, 0.6) is 0 Å². The van der Waals surface area contributed by atoms with Gasteiger partial charge in [-0.05, 0) is 139 Å². The predicted octanol–water partition coefficient (Wildman–Crippen LogP) is 7.61. The molecule has 240 valence electrons. The Kier molecular flexibility index (Phi) is 15.2. The van der Waals surface area contributed by atoms with E-state index in [0.29, 0.717) is 19.1 Å². The number of halogens is 3. The van der Waals surface area contributed by atoms with E-state index in [9.17, 15) is 9.59 Å². The van der Waals surface area contributed by atoms with Gasteiger partial charge in [-0.2, -0.15) is 0 Å². The zero-order valence-corrected chi connectivity index (χ0v) is 30.7. The lowest BCUT2D eigenvalue weighted by molar-refractivity contribution is 0.0197. The lowest BCUT2D eigenvalue weighted by Crippen LogP contribution is -2.44. The number of amides is 2. The maximum atomic E-state index is 12.0. The van der Waals surface area contributed by atoms with E-state index < -0.39 is 11.2 Å². The zero-order valence-electron chi connectivity index (χ0n) is 25.9. The molecule has 2 saturated heterocycles. The van der Waals surface area contributed by atoms with Gasteiger partial charge in [-0.25, -0.2) is 19.6 Å². The molecule has 2 aromatic heterocycles. The molecular weight excluding hydrogens is 748 g/mol. The molecule has 2 aliphatic heterocycles. The number of aromatic nitrogens is 2. The van der Waals surface area contributed by atoms with Crippen LogP contribution >= 0.6 is 47.8 Å². The summed E-state index contributed by atoms with van der Waals surface area (Å²) in [5, 5.41) is 3.41. The van der Waals surface area contributed by atoms with Crippen molar-refractivity contribution in [1.29, 1.82) is 0 Å². The highest BCUT2D eigenvalue weighted by atomic mass is 79.9. The van der Waals surface area contributed by atoms with E-state index in [1.54, 1.807) is 22.2 Å². The number of carbonyl (C=O) groups excluding carboxylic acids is 2. The molecule has 0 saturated carbocycles. The van der Waals surface area contributed by atoms with Crippen LogP contribution in [0.1, 0.15) is 67.2 Å². The summed E-state index contributed by atoms with van der Waals surface area (Å²) in [6.07, 6.45) is 6.63. The smallest absolute Gasteiger partial charge is 0.410 e. The first-order valence-corrected chi connectivity index (χ1v) is 16.8. The molecule has 2 amide bonds. The van der Waals surface area contributed by atoms with Crippen LogP contribution < -0.4 is 11.1 Å². The number of ether oxygens (including phenoxy) is 2. The van der Waals surface area contributed by atoms with Gasteiger partial charge < -0.3 is 30.3 Å². The fourth-order valence-corrected chi connectivity index (χ4v) is 4.67. The second kappa shape index (κ2) is 17.5. The quantitative estimate of drug-likeness (QED) is 0.298. The molecule has 4 heterocycles. The van der Waals surface area contributed by atoms with Crippen LogP contribution in [-0.2, 0) is 9.47 Å². The number of carbonyl (C=O) groups is 2. The molecule has 43 heavy (non-hydrogen) atoms. The van der Waals surface area contributed by atoms with Gasteiger partial charge in [-0.15, -0.1) is 0 Å². The summed E-state index contributed by atoms with van der Waals surface area (Å²) >= 11 is 9.85. The van der Waals surface area contributed by atoms with E-state index in [1.165, 1.54) is 0 Å². The van der Waals surface area contributed by atoms with Gasteiger partial charge in [0.05, 0.1) is 0 Å². The molecule has 0 atom stereocenters. The number of hydrogen-bond acceptors (Lipinski definition) is 8. The van der Waals surface area contributed by atoms with Gasteiger partial charge in [-0.1, -0.05) is 0 Å². The predicted molar refractivity (Wildman–Crippen MR) is 181 cm³/mol. The fraction of sp³-hybridized carbons (Fsp3) is 0.600. The topological polar surface area (TPSA) is 123 Å². The number of pyridine rings is 2. The molecule has 0 radical (unpaired) electrons. The SMILES string of the molecule is Brc1ccc(Br)nc1.CC(C)(C)OC(=O)N1CCC(N)CC1.CC(C)(C)OC(=O)N1CCC(Nc2ccc(Br)cn2)CC1. The first-order chi connectivity index (χ1) is 20.0. The Balaban J connectivity index is 0.000000251. The molecule has 2 fully saturated rings. The standard InChI is InChI=1S/C15H22BrN3O2.C10H20N2O2.C5H3Br2N/c1-15(2,3)21-14(20)19-8-6-12(7-9-19)18-13-5-4-11(16)10-17-13;1-10(2,3)14-9(13)12-6-4-8(11)5-7-12;6-4-1-2-5(7)8-3-4/h4-5,10,12H,6-9H2,1-3H3,(H,17,18);8H,4-7,11H2,1-3H3;1-3H. The van der Waals surface area contributed by atoms with Crippen LogP contribution in [0.4, 0.5) is 15.4 Å². The van der Waals surface area contributed by atoms with E-state index in [1.807, 2.05) is 65.8 Å². The van der Waals surface area contributed by atoms with Gasteiger partial charge in [0.1, 0.15) is 21.6 Å². The van der Waals surface area contributed by atoms with Gasteiger partial charge in [-0.3, -0.25) is 0 Å². The van der Waals surface area contributed by atoms with Crippen LogP contribution in [0, 0.1) is 0 Å². The highest BCUT2D eigenvalue weighted by Crippen LogP contribution is 2.19. The Bertz CT molecular complexity index is 1100. The Morgan fingerprint density at radius 2 is 1.21 bits per heavy atom. The van der Waals surface area contributed by atoms with E-state index in [4.69, 9.17) is 15.2 Å². The molecule has 2 aliphatic rings. The van der Waals surface area contributed by atoms with Crippen LogP contribution in [0.25, 0.3) is 0 Å². The van der Waals surface area contributed by atoms with Crippen molar-refractivity contribution >= 4 is 65.8 Å². The molecule has 10 nitrogen and oxygen atoms in total. The average molecular weight is 793 g/mol. The zero-order chi connectivity index (χ0) is 32.2. The van der Waals surface area contributed by atoms with Crippen molar-refractivity contribution in [3.8, 4) is 0 Å². The van der Waals surface area contributed by atoms with Crippen molar-refractivity contribution in [2.45, 2.75) is 90.5 Å². The summed E-state index contributed by atoms with van der Waals surface area (Å²) in [6.45, 7) is 14.1. The maximum absolute atomic E-state index is 12.0. The summed E-state index contributed by atoms with van der Waals surface area (Å²) in [7, 11) is 0.